The van der Waals surface area contributed by atoms with Gasteiger partial charge in [-0.3, -0.25) is 10.1 Å². The van der Waals surface area contributed by atoms with Gasteiger partial charge in [0.2, 0.25) is 12.3 Å². The van der Waals surface area contributed by atoms with Crippen LogP contribution in [0.4, 0.5) is 10.1 Å². The van der Waals surface area contributed by atoms with Crippen molar-refractivity contribution in [3.05, 3.63) is 30.1 Å². The number of carbonyl (C=O) groups excluding carboxylic acids is 1. The molecule has 2 rings (SSSR count). The number of nitrogens with two attached hydrogens (primary N) is 2. The van der Waals surface area contributed by atoms with Gasteiger partial charge in [-0.15, -0.1) is 0 Å². The van der Waals surface area contributed by atoms with Gasteiger partial charge in [-0.1, -0.05) is 0 Å². The Balaban J connectivity index is 1.96. The van der Waals surface area contributed by atoms with Crippen molar-refractivity contribution < 1.29 is 18.7 Å². The van der Waals surface area contributed by atoms with E-state index in [1.807, 2.05) is 0 Å². The van der Waals surface area contributed by atoms with Gasteiger partial charge >= 0.3 is 0 Å². The van der Waals surface area contributed by atoms with Crippen LogP contribution < -0.4 is 31.6 Å². The molecule has 7 nitrogen and oxygen atoms in total. The predicted octanol–water partition coefficient (Wildman–Crippen LogP) is 0.429. The number of halogens is 1. The van der Waals surface area contributed by atoms with E-state index in [2.05, 4.69) is 10.6 Å². The van der Waals surface area contributed by atoms with Crippen LogP contribution in [0.15, 0.2) is 30.1 Å². The van der Waals surface area contributed by atoms with Crippen molar-refractivity contribution in [1.29, 1.82) is 0 Å². The summed E-state index contributed by atoms with van der Waals surface area (Å²) in [6.07, 6.45) is -0.116. The van der Waals surface area contributed by atoms with Gasteiger partial charge in [0.1, 0.15) is 12.4 Å². The Morgan fingerprint density at radius 1 is 1.64 bits per heavy atom. The summed E-state index contributed by atoms with van der Waals surface area (Å²) < 4.78 is 23.5. The molecule has 0 saturated carbocycles. The fraction of sp³-hybridized carbons (Fsp3) is 0.357. The van der Waals surface area contributed by atoms with E-state index in [0.717, 1.165) is 5.69 Å². The van der Waals surface area contributed by atoms with E-state index in [1.54, 1.807) is 25.1 Å². The lowest BCUT2D eigenvalue weighted by Crippen LogP contribution is -2.48. The maximum absolute atomic E-state index is 12.4. The molecule has 22 heavy (non-hydrogen) atoms. The highest BCUT2D eigenvalue weighted by Crippen LogP contribution is 2.34. The number of hydrogen-bond acceptors (Lipinski definition) is 6. The lowest BCUT2D eigenvalue weighted by Gasteiger charge is -2.16. The smallest absolute Gasteiger partial charge is 0.234 e. The summed E-state index contributed by atoms with van der Waals surface area (Å²) >= 11 is 0. The van der Waals surface area contributed by atoms with Crippen molar-refractivity contribution in [2.75, 3.05) is 18.5 Å². The van der Waals surface area contributed by atoms with Crippen LogP contribution in [0, 0.1) is 0 Å². The number of amides is 1. The number of ether oxygens (including phenoxy) is 2. The average molecular weight is 310 g/mol. The first kappa shape index (κ1) is 16.1. The summed E-state index contributed by atoms with van der Waals surface area (Å²) in [5.41, 5.74) is 11.7. The number of primary amides is 1. The van der Waals surface area contributed by atoms with Gasteiger partial charge in [0.15, 0.2) is 5.75 Å². The second-order valence-corrected chi connectivity index (χ2v) is 4.85. The van der Waals surface area contributed by atoms with E-state index in [4.69, 9.17) is 20.9 Å². The second kappa shape index (κ2) is 7.10. The third-order valence-electron chi connectivity index (χ3n) is 3.15. The van der Waals surface area contributed by atoms with Gasteiger partial charge in [0, 0.05) is 18.2 Å². The molecule has 120 valence electrons. The number of benzene rings is 1. The van der Waals surface area contributed by atoms with Crippen molar-refractivity contribution >= 4 is 11.6 Å². The molecule has 0 aliphatic carbocycles. The Kier molecular flexibility index (Phi) is 5.18. The Hall–Kier alpha value is -2.32. The number of nitrogens with one attached hydrogen (secondary N) is 2. The summed E-state index contributed by atoms with van der Waals surface area (Å²) in [6.45, 7) is 1.80. The van der Waals surface area contributed by atoms with Gasteiger partial charge in [-0.2, -0.15) is 0 Å². The average Bonchev–Trinajstić information content (AvgIpc) is 2.89. The van der Waals surface area contributed by atoms with Gasteiger partial charge in [-0.05, 0) is 19.1 Å². The molecule has 1 heterocycles. The lowest BCUT2D eigenvalue weighted by molar-refractivity contribution is -0.120. The van der Waals surface area contributed by atoms with E-state index in [0.29, 0.717) is 23.4 Å². The van der Waals surface area contributed by atoms with E-state index < -0.39 is 18.3 Å². The summed E-state index contributed by atoms with van der Waals surface area (Å²) in [7, 11) is 0. The summed E-state index contributed by atoms with van der Waals surface area (Å²) in [5.74, 6) is 0.611. The maximum Gasteiger partial charge on any atom is 0.234 e. The minimum Gasteiger partial charge on any atom is -0.489 e. The number of anilines is 1. The highest BCUT2D eigenvalue weighted by Gasteiger charge is 2.24. The molecule has 0 spiro atoms. The minimum atomic E-state index is -0.557. The van der Waals surface area contributed by atoms with Crippen LogP contribution in [0.2, 0.25) is 0 Å². The molecule has 0 saturated heterocycles. The van der Waals surface area contributed by atoms with Crippen molar-refractivity contribution in [2.24, 2.45) is 11.5 Å². The van der Waals surface area contributed by atoms with Crippen LogP contribution in [-0.4, -0.2) is 31.5 Å². The molecule has 1 aromatic carbocycles. The molecule has 1 aliphatic rings. The Bertz CT molecular complexity index is 579. The SMILES string of the molecule is CC(NC1Nc2ccc(OC/C(=C\F)CN)cc2O1)C(N)=O. The summed E-state index contributed by atoms with van der Waals surface area (Å²) in [5, 5.41) is 5.94. The predicted molar refractivity (Wildman–Crippen MR) is 80.0 cm³/mol. The first-order chi connectivity index (χ1) is 10.5. The topological polar surface area (TPSA) is 112 Å². The van der Waals surface area contributed by atoms with Crippen LogP contribution in [0.5, 0.6) is 11.5 Å². The Morgan fingerprint density at radius 2 is 2.41 bits per heavy atom. The van der Waals surface area contributed by atoms with Crippen LogP contribution >= 0.6 is 0 Å². The summed E-state index contributed by atoms with van der Waals surface area (Å²) in [6, 6.07) is 4.62. The molecule has 1 amide bonds. The van der Waals surface area contributed by atoms with Gasteiger partial charge in [-0.25, -0.2) is 4.39 Å². The van der Waals surface area contributed by atoms with Crippen LogP contribution in [-0.2, 0) is 4.79 Å². The van der Waals surface area contributed by atoms with Crippen molar-refractivity contribution in [2.45, 2.75) is 19.3 Å². The molecule has 0 aromatic heterocycles. The zero-order valence-corrected chi connectivity index (χ0v) is 12.1. The van der Waals surface area contributed by atoms with Crippen LogP contribution in [0.25, 0.3) is 0 Å². The molecule has 1 aliphatic heterocycles. The standard InChI is InChI=1S/C14H19FN4O3/c1-8(13(17)20)18-14-19-11-3-2-10(4-12(11)22-14)21-7-9(5-15)6-16/h2-5,8,14,18-19H,6-7,16H2,1H3,(H2,17,20)/b9-5-. The third-order valence-corrected chi connectivity index (χ3v) is 3.15. The van der Waals surface area contributed by atoms with Gasteiger partial charge < -0.3 is 26.3 Å². The fourth-order valence-corrected chi connectivity index (χ4v) is 1.80. The van der Waals surface area contributed by atoms with Crippen molar-refractivity contribution in [3.8, 4) is 11.5 Å². The van der Waals surface area contributed by atoms with E-state index in [-0.39, 0.29) is 13.2 Å². The maximum atomic E-state index is 12.4. The number of rotatable bonds is 7. The fourth-order valence-electron chi connectivity index (χ4n) is 1.80. The largest absolute Gasteiger partial charge is 0.489 e. The number of carbonyl (C=O) groups is 1. The molecule has 0 radical (unpaired) electrons. The molecular formula is C14H19FN4O3. The zero-order chi connectivity index (χ0) is 16.1. The number of hydrogen-bond donors (Lipinski definition) is 4. The van der Waals surface area contributed by atoms with Crippen LogP contribution in [0.1, 0.15) is 6.92 Å². The quantitative estimate of drug-likeness (QED) is 0.581. The highest BCUT2D eigenvalue weighted by molar-refractivity contribution is 5.79. The molecule has 0 fully saturated rings. The highest BCUT2D eigenvalue weighted by atomic mass is 19.1. The van der Waals surface area contributed by atoms with E-state index in [9.17, 15) is 9.18 Å². The third kappa shape index (κ3) is 3.86. The Morgan fingerprint density at radius 3 is 3.05 bits per heavy atom. The first-order valence-corrected chi connectivity index (χ1v) is 6.77. The lowest BCUT2D eigenvalue weighted by atomic mass is 10.3. The van der Waals surface area contributed by atoms with Gasteiger partial charge in [0.05, 0.1) is 18.1 Å². The molecule has 8 heteroatoms. The van der Waals surface area contributed by atoms with Gasteiger partial charge in [0.25, 0.3) is 0 Å². The molecule has 2 atom stereocenters. The normalized spacial score (nSPS) is 18.1. The molecule has 2 unspecified atom stereocenters. The Labute approximate surface area is 127 Å². The van der Waals surface area contributed by atoms with Crippen LogP contribution in [0.3, 0.4) is 0 Å². The van der Waals surface area contributed by atoms with E-state index >= 15 is 0 Å². The minimum absolute atomic E-state index is 0.0691. The summed E-state index contributed by atoms with van der Waals surface area (Å²) in [4.78, 5) is 11.0. The van der Waals surface area contributed by atoms with E-state index in [1.165, 1.54) is 0 Å². The van der Waals surface area contributed by atoms with Crippen molar-refractivity contribution in [3.63, 3.8) is 0 Å². The molecule has 6 N–H and O–H groups in total. The first-order valence-electron chi connectivity index (χ1n) is 6.77. The van der Waals surface area contributed by atoms with Crippen molar-refractivity contribution in [1.82, 2.24) is 5.32 Å². The zero-order valence-electron chi connectivity index (χ0n) is 12.1. The molecular weight excluding hydrogens is 291 g/mol. The molecule has 0 bridgehead atoms. The second-order valence-electron chi connectivity index (χ2n) is 4.85. The monoisotopic (exact) mass is 310 g/mol. The number of fused-ring (bicyclic) bond motifs is 1. The molecule has 1 aromatic rings.